The first-order valence-corrected chi connectivity index (χ1v) is 5.98. The molecule has 1 aromatic rings. The maximum atomic E-state index is 11.7. The summed E-state index contributed by atoms with van der Waals surface area (Å²) in [5.41, 5.74) is 0.760. The van der Waals surface area contributed by atoms with Crippen LogP contribution in [0, 0.1) is 0 Å². The van der Waals surface area contributed by atoms with Gasteiger partial charge in [0.25, 0.3) is 0 Å². The number of nitrogens with one attached hydrogen (secondary N) is 2. The van der Waals surface area contributed by atoms with Crippen molar-refractivity contribution in [2.45, 2.75) is 12.5 Å². The van der Waals surface area contributed by atoms with Crippen LogP contribution in [0.4, 0.5) is 5.69 Å². The Kier molecular flexibility index (Phi) is 4.36. The molecule has 0 spiro atoms. The molecule has 1 unspecified atom stereocenters. The highest BCUT2D eigenvalue weighted by Gasteiger charge is 2.16. The molecule has 1 fully saturated rings. The fourth-order valence-electron chi connectivity index (χ4n) is 1.72. The first kappa shape index (κ1) is 12.4. The van der Waals surface area contributed by atoms with Crippen molar-refractivity contribution in [2.24, 2.45) is 0 Å². The fourth-order valence-corrected chi connectivity index (χ4v) is 1.85. The molecule has 1 aromatic carbocycles. The zero-order valence-electron chi connectivity index (χ0n) is 9.41. The molecule has 2 rings (SSSR count). The Morgan fingerprint density at radius 1 is 1.47 bits per heavy atom. The minimum Gasteiger partial charge on any atom is -0.378 e. The summed E-state index contributed by atoms with van der Waals surface area (Å²) in [5.74, 6) is -0.0182. The second-order valence-electron chi connectivity index (χ2n) is 3.99. The number of benzene rings is 1. The molecule has 1 aliphatic heterocycles. The van der Waals surface area contributed by atoms with Gasteiger partial charge in [0.15, 0.2) is 0 Å². The van der Waals surface area contributed by atoms with Crippen molar-refractivity contribution < 1.29 is 9.53 Å². The maximum absolute atomic E-state index is 11.7. The van der Waals surface area contributed by atoms with Crippen LogP contribution in [0.1, 0.15) is 6.42 Å². The lowest BCUT2D eigenvalue weighted by molar-refractivity contribution is -0.117. The van der Waals surface area contributed by atoms with Gasteiger partial charge in [0.2, 0.25) is 5.91 Å². The number of anilines is 1. The molecule has 4 nitrogen and oxygen atoms in total. The summed E-state index contributed by atoms with van der Waals surface area (Å²) >= 11 is 5.76. The van der Waals surface area contributed by atoms with Gasteiger partial charge in [-0.1, -0.05) is 11.6 Å². The highest BCUT2D eigenvalue weighted by Crippen LogP contribution is 2.13. The van der Waals surface area contributed by atoms with Gasteiger partial charge in [0.1, 0.15) is 0 Å². The molecule has 1 aliphatic rings. The van der Waals surface area contributed by atoms with Crippen LogP contribution in [0.5, 0.6) is 0 Å². The van der Waals surface area contributed by atoms with Gasteiger partial charge in [0, 0.05) is 29.7 Å². The molecular weight excluding hydrogens is 240 g/mol. The molecule has 0 aromatic heterocycles. The average molecular weight is 255 g/mol. The van der Waals surface area contributed by atoms with E-state index in [1.54, 1.807) is 24.3 Å². The number of rotatable bonds is 3. The van der Waals surface area contributed by atoms with Crippen molar-refractivity contribution >= 4 is 23.2 Å². The van der Waals surface area contributed by atoms with Crippen LogP contribution in [-0.2, 0) is 9.53 Å². The quantitative estimate of drug-likeness (QED) is 0.863. The second kappa shape index (κ2) is 6.00. The first-order valence-electron chi connectivity index (χ1n) is 5.60. The summed E-state index contributed by atoms with van der Waals surface area (Å²) in [5, 5.41) is 6.72. The second-order valence-corrected chi connectivity index (χ2v) is 4.42. The van der Waals surface area contributed by atoms with Crippen molar-refractivity contribution in [3.05, 3.63) is 29.3 Å². The van der Waals surface area contributed by atoms with Crippen molar-refractivity contribution in [3.63, 3.8) is 0 Å². The van der Waals surface area contributed by atoms with E-state index in [4.69, 9.17) is 16.3 Å². The van der Waals surface area contributed by atoms with E-state index < -0.39 is 0 Å². The molecule has 1 saturated heterocycles. The fraction of sp³-hybridized carbons (Fsp3) is 0.417. The number of hydrogen-bond acceptors (Lipinski definition) is 3. The van der Waals surface area contributed by atoms with Gasteiger partial charge in [-0.2, -0.15) is 0 Å². The summed E-state index contributed by atoms with van der Waals surface area (Å²) < 4.78 is 5.29. The van der Waals surface area contributed by atoms with Crippen molar-refractivity contribution in [1.29, 1.82) is 0 Å². The van der Waals surface area contributed by atoms with Gasteiger partial charge in [-0.05, 0) is 24.3 Å². The number of ether oxygens (including phenoxy) is 1. The Morgan fingerprint density at radius 2 is 2.24 bits per heavy atom. The lowest BCUT2D eigenvalue weighted by atomic mass is 10.2. The molecule has 17 heavy (non-hydrogen) atoms. The van der Waals surface area contributed by atoms with Crippen LogP contribution in [0.25, 0.3) is 0 Å². The Morgan fingerprint density at radius 3 is 2.88 bits per heavy atom. The van der Waals surface area contributed by atoms with Crippen LogP contribution in [-0.4, -0.2) is 31.7 Å². The summed E-state index contributed by atoms with van der Waals surface area (Å²) in [6.45, 7) is 2.11. The van der Waals surface area contributed by atoms with E-state index >= 15 is 0 Å². The third kappa shape index (κ3) is 4.00. The van der Waals surface area contributed by atoms with Crippen LogP contribution < -0.4 is 10.6 Å². The summed E-state index contributed by atoms with van der Waals surface area (Å²) in [6.07, 6.45) is 0.419. The van der Waals surface area contributed by atoms with Crippen molar-refractivity contribution in [3.8, 4) is 0 Å². The van der Waals surface area contributed by atoms with Crippen molar-refractivity contribution in [1.82, 2.24) is 5.32 Å². The maximum Gasteiger partial charge on any atom is 0.226 e. The van der Waals surface area contributed by atoms with Gasteiger partial charge in [-0.25, -0.2) is 0 Å². The molecule has 1 heterocycles. The van der Waals surface area contributed by atoms with E-state index in [1.807, 2.05) is 0 Å². The summed E-state index contributed by atoms with van der Waals surface area (Å²) in [6, 6.07) is 7.17. The molecule has 0 radical (unpaired) electrons. The van der Waals surface area contributed by atoms with Crippen LogP contribution >= 0.6 is 11.6 Å². The van der Waals surface area contributed by atoms with Gasteiger partial charge in [-0.3, -0.25) is 4.79 Å². The molecule has 0 bridgehead atoms. The molecule has 1 amide bonds. The number of hydrogen-bond donors (Lipinski definition) is 2. The van der Waals surface area contributed by atoms with Crippen LogP contribution in [0.3, 0.4) is 0 Å². The normalized spacial score (nSPS) is 19.9. The number of carbonyl (C=O) groups is 1. The minimum absolute atomic E-state index is 0.0182. The minimum atomic E-state index is -0.0182. The van der Waals surface area contributed by atoms with Crippen LogP contribution in [0.15, 0.2) is 24.3 Å². The highest BCUT2D eigenvalue weighted by molar-refractivity contribution is 6.30. The summed E-state index contributed by atoms with van der Waals surface area (Å²) in [4.78, 5) is 11.7. The third-order valence-corrected chi connectivity index (χ3v) is 2.81. The van der Waals surface area contributed by atoms with Crippen LogP contribution in [0.2, 0.25) is 5.02 Å². The Balaban J connectivity index is 1.82. The smallest absolute Gasteiger partial charge is 0.226 e. The average Bonchev–Trinajstić information content (AvgIpc) is 2.33. The van der Waals surface area contributed by atoms with Crippen molar-refractivity contribution in [2.75, 3.05) is 25.1 Å². The molecule has 2 N–H and O–H groups in total. The number of morpholine rings is 1. The Labute approximate surface area is 105 Å². The molecule has 0 aliphatic carbocycles. The van der Waals surface area contributed by atoms with E-state index in [0.29, 0.717) is 18.1 Å². The predicted octanol–water partition coefficient (Wildman–Crippen LogP) is 1.66. The SMILES string of the molecule is O=C(CC1COCCN1)Nc1ccc(Cl)cc1. The zero-order chi connectivity index (χ0) is 12.1. The number of halogens is 1. The molecule has 5 heteroatoms. The standard InChI is InChI=1S/C12H15ClN2O2/c13-9-1-3-10(4-2-9)15-12(16)7-11-8-17-6-5-14-11/h1-4,11,14H,5-8H2,(H,15,16). The lowest BCUT2D eigenvalue weighted by Crippen LogP contribution is -2.43. The number of amides is 1. The monoisotopic (exact) mass is 254 g/mol. The summed E-state index contributed by atoms with van der Waals surface area (Å²) in [7, 11) is 0. The Bertz CT molecular complexity index is 375. The third-order valence-electron chi connectivity index (χ3n) is 2.56. The Hall–Kier alpha value is -1.10. The highest BCUT2D eigenvalue weighted by atomic mass is 35.5. The molecule has 92 valence electrons. The molecule has 1 atom stereocenters. The van der Waals surface area contributed by atoms with Gasteiger partial charge in [0.05, 0.1) is 13.2 Å². The first-order chi connectivity index (χ1) is 8.24. The van der Waals surface area contributed by atoms with E-state index in [0.717, 1.165) is 18.8 Å². The zero-order valence-corrected chi connectivity index (χ0v) is 10.2. The molecular formula is C12H15ClN2O2. The number of carbonyl (C=O) groups excluding carboxylic acids is 1. The van der Waals surface area contributed by atoms with Gasteiger partial charge < -0.3 is 15.4 Å². The topological polar surface area (TPSA) is 50.4 Å². The van der Waals surface area contributed by atoms with E-state index in [9.17, 15) is 4.79 Å². The lowest BCUT2D eigenvalue weighted by Gasteiger charge is -2.23. The largest absolute Gasteiger partial charge is 0.378 e. The predicted molar refractivity (Wildman–Crippen MR) is 67.3 cm³/mol. The van der Waals surface area contributed by atoms with E-state index in [2.05, 4.69) is 10.6 Å². The van der Waals surface area contributed by atoms with E-state index in [-0.39, 0.29) is 11.9 Å². The van der Waals surface area contributed by atoms with E-state index in [1.165, 1.54) is 0 Å². The van der Waals surface area contributed by atoms with Gasteiger partial charge in [-0.15, -0.1) is 0 Å². The molecule has 0 saturated carbocycles. The van der Waals surface area contributed by atoms with Gasteiger partial charge >= 0.3 is 0 Å².